The Morgan fingerprint density at radius 1 is 1.29 bits per heavy atom. The van der Waals surface area contributed by atoms with Crippen molar-refractivity contribution in [3.8, 4) is 0 Å². The predicted octanol–water partition coefficient (Wildman–Crippen LogP) is 1.86. The van der Waals surface area contributed by atoms with Crippen LogP contribution >= 0.6 is 0 Å². The maximum Gasteiger partial charge on any atom is 0.0195 e. The van der Waals surface area contributed by atoms with Gasteiger partial charge >= 0.3 is 0 Å². The van der Waals surface area contributed by atoms with Gasteiger partial charge in [0.1, 0.15) is 0 Å². The average Bonchev–Trinajstić information content (AvgIpc) is 2.14. The van der Waals surface area contributed by atoms with Crippen molar-refractivity contribution in [2.75, 3.05) is 20.1 Å². The SMILES string of the molecule is CCC1CC(NC)CN(C2CCC2)C1. The van der Waals surface area contributed by atoms with Crippen molar-refractivity contribution < 1.29 is 0 Å². The van der Waals surface area contributed by atoms with Gasteiger partial charge in [0.25, 0.3) is 0 Å². The zero-order valence-electron chi connectivity index (χ0n) is 9.63. The highest BCUT2D eigenvalue weighted by atomic mass is 15.2. The van der Waals surface area contributed by atoms with Crippen LogP contribution in [-0.2, 0) is 0 Å². The van der Waals surface area contributed by atoms with E-state index >= 15 is 0 Å². The molecule has 2 aliphatic rings. The summed E-state index contributed by atoms with van der Waals surface area (Å²) in [7, 11) is 2.11. The highest BCUT2D eigenvalue weighted by molar-refractivity contribution is 4.89. The standard InChI is InChI=1S/C12H24N2/c1-3-10-7-11(13-2)9-14(8-10)12-5-4-6-12/h10-13H,3-9H2,1-2H3. The van der Waals surface area contributed by atoms with E-state index in [0.29, 0.717) is 0 Å². The molecule has 1 saturated heterocycles. The maximum absolute atomic E-state index is 3.46. The zero-order valence-corrected chi connectivity index (χ0v) is 9.63. The Hall–Kier alpha value is -0.0800. The van der Waals surface area contributed by atoms with E-state index in [-0.39, 0.29) is 0 Å². The fourth-order valence-corrected chi connectivity index (χ4v) is 2.80. The molecule has 2 nitrogen and oxygen atoms in total. The number of likely N-dealkylation sites (N-methyl/N-ethyl adjacent to an activating group) is 1. The molecule has 1 aliphatic heterocycles. The Labute approximate surface area is 88.1 Å². The molecule has 0 aromatic rings. The van der Waals surface area contributed by atoms with Gasteiger partial charge < -0.3 is 5.32 Å². The second kappa shape index (κ2) is 4.63. The minimum absolute atomic E-state index is 0.745. The maximum atomic E-state index is 3.46. The van der Waals surface area contributed by atoms with Gasteiger partial charge in [-0.05, 0) is 32.2 Å². The van der Waals surface area contributed by atoms with Crippen LogP contribution < -0.4 is 5.32 Å². The Kier molecular flexibility index (Phi) is 3.45. The third-order valence-electron chi connectivity index (χ3n) is 4.14. The van der Waals surface area contributed by atoms with E-state index in [2.05, 4.69) is 24.2 Å². The van der Waals surface area contributed by atoms with Crippen LogP contribution in [0, 0.1) is 5.92 Å². The predicted molar refractivity (Wildman–Crippen MR) is 60.5 cm³/mol. The first-order valence-electron chi connectivity index (χ1n) is 6.24. The summed E-state index contributed by atoms with van der Waals surface area (Å²) < 4.78 is 0. The van der Waals surface area contributed by atoms with Gasteiger partial charge in [0.15, 0.2) is 0 Å². The van der Waals surface area contributed by atoms with Gasteiger partial charge in [-0.2, -0.15) is 0 Å². The lowest BCUT2D eigenvalue weighted by atomic mass is 9.85. The molecular weight excluding hydrogens is 172 g/mol. The monoisotopic (exact) mass is 196 g/mol. The molecular formula is C12H24N2. The van der Waals surface area contributed by atoms with Crippen LogP contribution in [0.25, 0.3) is 0 Å². The first kappa shape index (κ1) is 10.4. The molecule has 0 aromatic heterocycles. The van der Waals surface area contributed by atoms with Gasteiger partial charge in [-0.25, -0.2) is 0 Å². The van der Waals surface area contributed by atoms with E-state index in [9.17, 15) is 0 Å². The summed E-state index contributed by atoms with van der Waals surface area (Å²) in [4.78, 5) is 2.74. The Balaban J connectivity index is 1.89. The summed E-state index contributed by atoms with van der Waals surface area (Å²) in [5.41, 5.74) is 0. The minimum atomic E-state index is 0.745. The summed E-state index contributed by atoms with van der Waals surface area (Å²) in [6.45, 7) is 4.98. The number of rotatable bonds is 3. The summed E-state index contributed by atoms with van der Waals surface area (Å²) in [5.74, 6) is 0.932. The quantitative estimate of drug-likeness (QED) is 0.741. The summed E-state index contributed by atoms with van der Waals surface area (Å²) in [6.07, 6.45) is 7.10. The number of likely N-dealkylation sites (tertiary alicyclic amines) is 1. The molecule has 1 aliphatic carbocycles. The normalized spacial score (nSPS) is 35.6. The largest absolute Gasteiger partial charge is 0.316 e. The minimum Gasteiger partial charge on any atom is -0.316 e. The number of nitrogens with one attached hydrogen (secondary N) is 1. The third kappa shape index (κ3) is 2.12. The van der Waals surface area contributed by atoms with Gasteiger partial charge in [0.2, 0.25) is 0 Å². The van der Waals surface area contributed by atoms with E-state index in [1.807, 2.05) is 0 Å². The van der Waals surface area contributed by atoms with Crippen LogP contribution in [0.3, 0.4) is 0 Å². The molecule has 0 amide bonds. The Bertz CT molecular complexity index is 165. The van der Waals surface area contributed by atoms with Crippen molar-refractivity contribution in [1.82, 2.24) is 10.2 Å². The molecule has 1 heterocycles. The van der Waals surface area contributed by atoms with E-state index in [1.54, 1.807) is 0 Å². The second-order valence-corrected chi connectivity index (χ2v) is 5.03. The van der Waals surface area contributed by atoms with Crippen LogP contribution in [0.1, 0.15) is 39.0 Å². The Morgan fingerprint density at radius 3 is 2.57 bits per heavy atom. The van der Waals surface area contributed by atoms with Crippen molar-refractivity contribution >= 4 is 0 Å². The van der Waals surface area contributed by atoms with E-state index in [0.717, 1.165) is 18.0 Å². The van der Waals surface area contributed by atoms with Crippen molar-refractivity contribution in [3.63, 3.8) is 0 Å². The van der Waals surface area contributed by atoms with E-state index < -0.39 is 0 Å². The van der Waals surface area contributed by atoms with Gasteiger partial charge in [-0.15, -0.1) is 0 Å². The molecule has 2 unspecified atom stereocenters. The van der Waals surface area contributed by atoms with Crippen molar-refractivity contribution in [1.29, 1.82) is 0 Å². The molecule has 14 heavy (non-hydrogen) atoms. The molecule has 2 atom stereocenters. The summed E-state index contributed by atoms with van der Waals surface area (Å²) in [6, 6.07) is 1.68. The highest BCUT2D eigenvalue weighted by Gasteiger charge is 2.32. The smallest absolute Gasteiger partial charge is 0.0195 e. The zero-order chi connectivity index (χ0) is 9.97. The average molecular weight is 196 g/mol. The van der Waals surface area contributed by atoms with Gasteiger partial charge in [0.05, 0.1) is 0 Å². The summed E-state index contributed by atoms with van der Waals surface area (Å²) >= 11 is 0. The van der Waals surface area contributed by atoms with E-state index in [1.165, 1.54) is 45.2 Å². The second-order valence-electron chi connectivity index (χ2n) is 5.03. The molecule has 2 rings (SSSR count). The van der Waals surface area contributed by atoms with Crippen LogP contribution in [0.5, 0.6) is 0 Å². The van der Waals surface area contributed by atoms with E-state index in [4.69, 9.17) is 0 Å². The van der Waals surface area contributed by atoms with Gasteiger partial charge in [-0.3, -0.25) is 4.90 Å². The number of hydrogen-bond donors (Lipinski definition) is 1. The molecule has 1 saturated carbocycles. The summed E-state index contributed by atoms with van der Waals surface area (Å²) in [5, 5.41) is 3.46. The fourth-order valence-electron chi connectivity index (χ4n) is 2.80. The van der Waals surface area contributed by atoms with Crippen molar-refractivity contribution in [3.05, 3.63) is 0 Å². The van der Waals surface area contributed by atoms with Crippen molar-refractivity contribution in [2.45, 2.75) is 51.1 Å². The number of hydrogen-bond acceptors (Lipinski definition) is 2. The lowest BCUT2D eigenvalue weighted by molar-refractivity contribution is 0.0593. The lowest BCUT2D eigenvalue weighted by Gasteiger charge is -2.45. The van der Waals surface area contributed by atoms with Gasteiger partial charge in [-0.1, -0.05) is 19.8 Å². The molecule has 0 bridgehead atoms. The van der Waals surface area contributed by atoms with Crippen molar-refractivity contribution in [2.24, 2.45) is 5.92 Å². The van der Waals surface area contributed by atoms with Crippen LogP contribution in [0.15, 0.2) is 0 Å². The lowest BCUT2D eigenvalue weighted by Crippen LogP contribution is -2.53. The molecule has 0 spiro atoms. The third-order valence-corrected chi connectivity index (χ3v) is 4.14. The molecule has 2 heteroatoms. The first-order valence-corrected chi connectivity index (χ1v) is 6.24. The molecule has 0 aromatic carbocycles. The Morgan fingerprint density at radius 2 is 2.07 bits per heavy atom. The fraction of sp³-hybridized carbons (Fsp3) is 1.00. The molecule has 82 valence electrons. The first-order chi connectivity index (χ1) is 6.83. The van der Waals surface area contributed by atoms with Crippen LogP contribution in [-0.4, -0.2) is 37.1 Å². The highest BCUT2D eigenvalue weighted by Crippen LogP contribution is 2.29. The van der Waals surface area contributed by atoms with Crippen LogP contribution in [0.4, 0.5) is 0 Å². The number of nitrogens with zero attached hydrogens (tertiary/aromatic N) is 1. The molecule has 1 N–H and O–H groups in total. The topological polar surface area (TPSA) is 15.3 Å². The number of piperidine rings is 1. The van der Waals surface area contributed by atoms with Crippen LogP contribution in [0.2, 0.25) is 0 Å². The molecule has 0 radical (unpaired) electrons. The molecule has 2 fully saturated rings. The van der Waals surface area contributed by atoms with Gasteiger partial charge in [0, 0.05) is 25.2 Å².